The van der Waals surface area contributed by atoms with E-state index >= 15 is 0 Å². The first kappa shape index (κ1) is 29.5. The molecule has 0 aromatic carbocycles. The molecule has 0 bridgehead atoms. The summed E-state index contributed by atoms with van der Waals surface area (Å²) in [4.78, 5) is 34.6. The van der Waals surface area contributed by atoms with Gasteiger partial charge in [-0.2, -0.15) is 0 Å². The van der Waals surface area contributed by atoms with Crippen LogP contribution in [0.15, 0.2) is 0 Å². The third kappa shape index (κ3) is 4.72. The van der Waals surface area contributed by atoms with Crippen LogP contribution in [-0.4, -0.2) is 62.9 Å². The Kier molecular flexibility index (Phi) is 8.38. The standard InChI is InChI=1S/C30H49NO7/c1-17(7-10-26(36)31-21(27(37)38)6-5-13-32)20-8-9-22-29(20,3)25(35)16-23-28(2)12-11-19(33)14-18(28)15-24(34)30(22,23)4/h13,17-25,33-35H,5-12,14-16H2,1-4H3,(H,31,36)(H,37,38)/t17-,18+,19-,20-,21+,22-,23-,24-,25+,28+,29-,30+/m1/s1. The van der Waals surface area contributed by atoms with Crippen molar-refractivity contribution >= 4 is 18.2 Å². The Morgan fingerprint density at radius 1 is 0.947 bits per heavy atom. The van der Waals surface area contributed by atoms with Gasteiger partial charge >= 0.3 is 5.97 Å². The molecule has 0 heterocycles. The number of carbonyl (C=O) groups excluding carboxylic acids is 2. The van der Waals surface area contributed by atoms with Crippen molar-refractivity contribution in [2.45, 2.75) is 123 Å². The first-order valence-corrected chi connectivity index (χ1v) is 14.8. The van der Waals surface area contributed by atoms with Gasteiger partial charge in [-0.05, 0) is 98.2 Å². The van der Waals surface area contributed by atoms with E-state index in [2.05, 4.69) is 33.0 Å². The van der Waals surface area contributed by atoms with Crippen LogP contribution in [0.5, 0.6) is 0 Å². The molecule has 0 saturated heterocycles. The summed E-state index contributed by atoms with van der Waals surface area (Å²) in [5, 5.41) is 45.7. The summed E-state index contributed by atoms with van der Waals surface area (Å²) in [7, 11) is 0. The number of carbonyl (C=O) groups is 3. The summed E-state index contributed by atoms with van der Waals surface area (Å²) < 4.78 is 0. The highest BCUT2D eigenvalue weighted by Gasteiger charge is 2.70. The maximum absolute atomic E-state index is 12.6. The SMILES string of the molecule is C[C@H](CCC(=O)N[C@@H](CCC=O)C(=O)O)[C@H]1CC[C@@H]2[C@]1(C)[C@@H](O)C[C@@H]1[C@@]3(C)CC[C@@H](O)C[C@H]3C[C@@H](O)[C@@]21C. The van der Waals surface area contributed by atoms with E-state index in [9.17, 15) is 34.8 Å². The molecule has 216 valence electrons. The van der Waals surface area contributed by atoms with Gasteiger partial charge in [0, 0.05) is 18.3 Å². The molecule has 4 fully saturated rings. The summed E-state index contributed by atoms with van der Waals surface area (Å²) in [6.07, 6.45) is 6.04. The summed E-state index contributed by atoms with van der Waals surface area (Å²) in [6, 6.07) is -1.06. The van der Waals surface area contributed by atoms with Gasteiger partial charge in [-0.1, -0.05) is 27.7 Å². The average molecular weight is 536 g/mol. The van der Waals surface area contributed by atoms with E-state index in [0.29, 0.717) is 25.5 Å². The Morgan fingerprint density at radius 3 is 2.29 bits per heavy atom. The fourth-order valence-corrected chi connectivity index (χ4v) is 10.1. The van der Waals surface area contributed by atoms with Crippen molar-refractivity contribution in [3.8, 4) is 0 Å². The fourth-order valence-electron chi connectivity index (χ4n) is 10.1. The minimum Gasteiger partial charge on any atom is -0.480 e. The Hall–Kier alpha value is -1.51. The Bertz CT molecular complexity index is 911. The minimum absolute atomic E-state index is 0.00183. The molecule has 4 aliphatic carbocycles. The van der Waals surface area contributed by atoms with Crippen molar-refractivity contribution in [3.63, 3.8) is 0 Å². The lowest BCUT2D eigenvalue weighted by atomic mass is 9.38. The van der Waals surface area contributed by atoms with Crippen LogP contribution in [0.3, 0.4) is 0 Å². The molecule has 0 spiro atoms. The highest BCUT2D eigenvalue weighted by Crippen LogP contribution is 2.72. The molecule has 0 unspecified atom stereocenters. The topological polar surface area (TPSA) is 144 Å². The van der Waals surface area contributed by atoms with Crippen molar-refractivity contribution in [1.29, 1.82) is 0 Å². The molecule has 0 aliphatic heterocycles. The first-order valence-electron chi connectivity index (χ1n) is 14.8. The normalized spacial score (nSPS) is 45.7. The van der Waals surface area contributed by atoms with Gasteiger partial charge in [0.1, 0.15) is 12.3 Å². The first-order chi connectivity index (χ1) is 17.8. The summed E-state index contributed by atoms with van der Waals surface area (Å²) in [6.45, 7) is 8.92. The average Bonchev–Trinajstić information content (AvgIpc) is 3.23. The van der Waals surface area contributed by atoms with Crippen molar-refractivity contribution in [2.24, 2.45) is 45.8 Å². The lowest BCUT2D eigenvalue weighted by molar-refractivity contribution is -0.251. The Labute approximate surface area is 227 Å². The van der Waals surface area contributed by atoms with Gasteiger partial charge in [-0.25, -0.2) is 4.79 Å². The molecule has 0 radical (unpaired) electrons. The molecular formula is C30H49NO7. The molecule has 4 saturated carbocycles. The zero-order valence-electron chi connectivity index (χ0n) is 23.6. The number of aliphatic carboxylic acids is 1. The molecule has 0 aromatic rings. The fraction of sp³-hybridized carbons (Fsp3) is 0.900. The van der Waals surface area contributed by atoms with E-state index < -0.39 is 24.2 Å². The smallest absolute Gasteiger partial charge is 0.326 e. The predicted octanol–water partition coefficient (Wildman–Crippen LogP) is 3.30. The number of hydrogen-bond acceptors (Lipinski definition) is 6. The van der Waals surface area contributed by atoms with Gasteiger partial charge in [0.25, 0.3) is 0 Å². The summed E-state index contributed by atoms with van der Waals surface area (Å²) >= 11 is 0. The summed E-state index contributed by atoms with van der Waals surface area (Å²) in [5.41, 5.74) is -0.671. The van der Waals surface area contributed by atoms with Gasteiger partial charge in [0.2, 0.25) is 5.91 Å². The lowest BCUT2D eigenvalue weighted by Gasteiger charge is -2.68. The number of rotatable bonds is 9. The zero-order chi connectivity index (χ0) is 28.0. The van der Waals surface area contributed by atoms with Crippen LogP contribution in [0.2, 0.25) is 0 Å². The second kappa shape index (κ2) is 10.8. The number of nitrogens with one attached hydrogen (secondary N) is 1. The van der Waals surface area contributed by atoms with Crippen LogP contribution >= 0.6 is 0 Å². The highest BCUT2D eigenvalue weighted by atomic mass is 16.4. The van der Waals surface area contributed by atoms with E-state index in [-0.39, 0.29) is 77.1 Å². The second-order valence-corrected chi connectivity index (χ2v) is 13.9. The summed E-state index contributed by atoms with van der Waals surface area (Å²) in [5.74, 6) is -0.476. The molecule has 0 aromatic heterocycles. The van der Waals surface area contributed by atoms with Crippen LogP contribution in [0.1, 0.15) is 98.3 Å². The molecule has 4 rings (SSSR count). The van der Waals surface area contributed by atoms with Crippen LogP contribution in [0.4, 0.5) is 0 Å². The van der Waals surface area contributed by atoms with Crippen molar-refractivity contribution in [2.75, 3.05) is 0 Å². The number of aliphatic hydroxyl groups is 3. The molecule has 8 nitrogen and oxygen atoms in total. The molecule has 5 N–H and O–H groups in total. The predicted molar refractivity (Wildman–Crippen MR) is 142 cm³/mol. The second-order valence-electron chi connectivity index (χ2n) is 13.9. The molecule has 12 atom stereocenters. The largest absolute Gasteiger partial charge is 0.480 e. The van der Waals surface area contributed by atoms with Crippen LogP contribution in [-0.2, 0) is 14.4 Å². The van der Waals surface area contributed by atoms with Crippen molar-refractivity contribution in [1.82, 2.24) is 5.32 Å². The van der Waals surface area contributed by atoms with Gasteiger partial charge in [0.15, 0.2) is 0 Å². The Morgan fingerprint density at radius 2 is 1.63 bits per heavy atom. The van der Waals surface area contributed by atoms with Gasteiger partial charge in [0.05, 0.1) is 18.3 Å². The lowest BCUT2D eigenvalue weighted by Crippen LogP contribution is -2.67. The van der Waals surface area contributed by atoms with Crippen LogP contribution in [0, 0.1) is 45.8 Å². The molecular weight excluding hydrogens is 486 g/mol. The van der Waals surface area contributed by atoms with Gasteiger partial charge in [-0.3, -0.25) is 4.79 Å². The maximum Gasteiger partial charge on any atom is 0.326 e. The number of carboxylic acids is 1. The maximum atomic E-state index is 12.6. The van der Waals surface area contributed by atoms with Crippen LogP contribution in [0.25, 0.3) is 0 Å². The van der Waals surface area contributed by atoms with E-state index in [0.717, 1.165) is 32.1 Å². The van der Waals surface area contributed by atoms with Crippen molar-refractivity contribution in [3.05, 3.63) is 0 Å². The molecule has 38 heavy (non-hydrogen) atoms. The monoisotopic (exact) mass is 535 g/mol. The van der Waals surface area contributed by atoms with E-state index in [4.69, 9.17) is 0 Å². The third-order valence-corrected chi connectivity index (χ3v) is 12.2. The minimum atomic E-state index is -1.14. The van der Waals surface area contributed by atoms with E-state index in [1.54, 1.807) is 0 Å². The molecule has 4 aliphatic rings. The van der Waals surface area contributed by atoms with Crippen molar-refractivity contribution < 1.29 is 34.8 Å². The van der Waals surface area contributed by atoms with Crippen LogP contribution < -0.4 is 5.32 Å². The number of aldehydes is 1. The third-order valence-electron chi connectivity index (χ3n) is 12.2. The molecule has 1 amide bonds. The number of amides is 1. The number of fused-ring (bicyclic) bond motifs is 5. The van der Waals surface area contributed by atoms with E-state index in [1.165, 1.54) is 0 Å². The highest BCUT2D eigenvalue weighted by molar-refractivity contribution is 5.83. The molecule has 8 heteroatoms. The van der Waals surface area contributed by atoms with Gasteiger partial charge in [-0.15, -0.1) is 0 Å². The Balaban J connectivity index is 1.48. The van der Waals surface area contributed by atoms with Gasteiger partial charge < -0.3 is 30.5 Å². The van der Waals surface area contributed by atoms with E-state index in [1.807, 2.05) is 0 Å². The number of hydrogen-bond donors (Lipinski definition) is 5. The number of carboxylic acid groups (broad SMARTS) is 1. The zero-order valence-corrected chi connectivity index (χ0v) is 23.6. The number of aliphatic hydroxyl groups excluding tert-OH is 3. The quantitative estimate of drug-likeness (QED) is 0.285.